The van der Waals surface area contributed by atoms with Crippen molar-refractivity contribution in [3.63, 3.8) is 0 Å². The van der Waals surface area contributed by atoms with E-state index in [1.807, 2.05) is 28.8 Å². The maximum atomic E-state index is 13.9. The summed E-state index contributed by atoms with van der Waals surface area (Å²) in [7, 11) is 1.61. The molecule has 36 heavy (non-hydrogen) atoms. The summed E-state index contributed by atoms with van der Waals surface area (Å²) < 4.78 is 4.40. The molecule has 4 aromatic rings. The third-order valence-corrected chi connectivity index (χ3v) is 6.80. The summed E-state index contributed by atoms with van der Waals surface area (Å²) in [4.78, 5) is 34.1. The Balaban J connectivity index is 1.75. The van der Waals surface area contributed by atoms with E-state index in [0.717, 1.165) is 29.5 Å². The molecule has 1 fully saturated rings. The number of aromatic nitrogens is 4. The summed E-state index contributed by atoms with van der Waals surface area (Å²) in [5.41, 5.74) is 14.6. The van der Waals surface area contributed by atoms with Crippen LogP contribution in [-0.4, -0.2) is 37.8 Å². The molecule has 10 heteroatoms. The number of imidazole rings is 1. The lowest BCUT2D eigenvalue weighted by Gasteiger charge is -2.32. The molecule has 0 bridgehead atoms. The molecule has 0 radical (unpaired) electrons. The minimum absolute atomic E-state index is 0.00299. The van der Waals surface area contributed by atoms with E-state index in [-0.39, 0.29) is 12.6 Å². The van der Waals surface area contributed by atoms with Crippen molar-refractivity contribution in [1.82, 2.24) is 18.7 Å². The molecule has 1 aliphatic rings. The Kier molecular flexibility index (Phi) is 6.08. The first-order chi connectivity index (χ1) is 17.4. The van der Waals surface area contributed by atoms with E-state index < -0.39 is 11.2 Å². The zero-order valence-electron chi connectivity index (χ0n) is 20.1. The summed E-state index contributed by atoms with van der Waals surface area (Å²) in [6, 6.07) is 16.6. The smallest absolute Gasteiger partial charge is 0.332 e. The number of benzene rings is 2. The monoisotopic (exact) mass is 484 g/mol. The third-order valence-electron chi connectivity index (χ3n) is 6.80. The van der Waals surface area contributed by atoms with Crippen LogP contribution in [0.25, 0.3) is 11.2 Å². The van der Waals surface area contributed by atoms with Gasteiger partial charge < -0.3 is 16.4 Å². The van der Waals surface area contributed by atoms with Gasteiger partial charge in [-0.1, -0.05) is 36.4 Å². The number of hydrogen-bond acceptors (Lipinski definition) is 7. The Bertz CT molecular complexity index is 1610. The predicted octanol–water partition coefficient (Wildman–Crippen LogP) is 1.37. The summed E-state index contributed by atoms with van der Waals surface area (Å²) in [6.45, 7) is 1.64. The normalized spacial score (nSPS) is 15.8. The van der Waals surface area contributed by atoms with E-state index in [4.69, 9.17) is 16.5 Å². The Hall–Kier alpha value is -4.36. The standard InChI is InChI=1S/C26H28N8O2/c1-31-23-22(24(35)34(26(31)36)14-18-8-3-2-7-17(18)13-27)33(15-19-9-4-5-11-21(19)29)25(30-23)32-12-6-10-20(28)16-32/h2-5,7-9,11,20H,6,10,12,14-16,28-29H2,1H3. The van der Waals surface area contributed by atoms with Crippen molar-refractivity contribution >= 4 is 22.8 Å². The summed E-state index contributed by atoms with van der Waals surface area (Å²) in [5, 5.41) is 9.50. The van der Waals surface area contributed by atoms with Crippen molar-refractivity contribution in [1.29, 1.82) is 5.26 Å². The van der Waals surface area contributed by atoms with Crippen LogP contribution >= 0.6 is 0 Å². The van der Waals surface area contributed by atoms with Gasteiger partial charge >= 0.3 is 5.69 Å². The SMILES string of the molecule is Cn1c(=O)n(Cc2ccccc2C#N)c(=O)c2c1nc(N1CCCC(N)C1)n2Cc1ccccc1N. The van der Waals surface area contributed by atoms with Gasteiger partial charge in [-0.25, -0.2) is 4.79 Å². The van der Waals surface area contributed by atoms with Crippen LogP contribution in [0.3, 0.4) is 0 Å². The van der Waals surface area contributed by atoms with Crippen LogP contribution in [0.4, 0.5) is 11.6 Å². The average molecular weight is 485 g/mol. The Morgan fingerprint density at radius 2 is 1.75 bits per heavy atom. The van der Waals surface area contributed by atoms with E-state index in [1.165, 1.54) is 4.57 Å². The number of para-hydroxylation sites is 1. The van der Waals surface area contributed by atoms with E-state index in [0.29, 0.717) is 47.0 Å². The van der Waals surface area contributed by atoms with Crippen molar-refractivity contribution in [2.45, 2.75) is 32.0 Å². The maximum Gasteiger partial charge on any atom is 0.332 e. The van der Waals surface area contributed by atoms with Gasteiger partial charge in [0.1, 0.15) is 0 Å². The van der Waals surface area contributed by atoms with Crippen LogP contribution in [0.2, 0.25) is 0 Å². The van der Waals surface area contributed by atoms with Crippen LogP contribution in [0.5, 0.6) is 0 Å². The number of piperidine rings is 1. The highest BCUT2D eigenvalue weighted by atomic mass is 16.2. The second kappa shape index (κ2) is 9.36. The molecule has 1 saturated heterocycles. The van der Waals surface area contributed by atoms with E-state index in [2.05, 4.69) is 11.0 Å². The lowest BCUT2D eigenvalue weighted by atomic mass is 10.1. The molecule has 0 spiro atoms. The van der Waals surface area contributed by atoms with Crippen molar-refractivity contribution in [2.24, 2.45) is 12.8 Å². The highest BCUT2D eigenvalue weighted by Crippen LogP contribution is 2.25. The average Bonchev–Trinajstić information content (AvgIpc) is 3.26. The number of nitrogens with two attached hydrogens (primary N) is 2. The molecular weight excluding hydrogens is 456 g/mol. The zero-order valence-corrected chi connectivity index (χ0v) is 20.1. The number of rotatable bonds is 5. The summed E-state index contributed by atoms with van der Waals surface area (Å²) in [6.07, 6.45) is 1.83. The van der Waals surface area contributed by atoms with Crippen molar-refractivity contribution in [3.8, 4) is 6.07 Å². The molecule has 2 aromatic carbocycles. The van der Waals surface area contributed by atoms with E-state index in [1.54, 1.807) is 31.3 Å². The van der Waals surface area contributed by atoms with E-state index in [9.17, 15) is 14.9 Å². The Labute approximate surface area is 207 Å². The first-order valence-corrected chi connectivity index (χ1v) is 11.9. The summed E-state index contributed by atoms with van der Waals surface area (Å²) in [5.74, 6) is 0.589. The molecule has 3 heterocycles. The van der Waals surface area contributed by atoms with Gasteiger partial charge in [0.15, 0.2) is 11.2 Å². The van der Waals surface area contributed by atoms with E-state index >= 15 is 0 Å². The Morgan fingerprint density at radius 3 is 2.47 bits per heavy atom. The zero-order chi connectivity index (χ0) is 25.4. The number of aryl methyl sites for hydroxylation is 1. The highest BCUT2D eigenvalue weighted by Gasteiger charge is 2.27. The molecule has 184 valence electrons. The number of nitriles is 1. The topological polar surface area (TPSA) is 141 Å². The second-order valence-corrected chi connectivity index (χ2v) is 9.22. The molecule has 5 rings (SSSR count). The second-order valence-electron chi connectivity index (χ2n) is 9.22. The molecular formula is C26H28N8O2. The quantitative estimate of drug-likeness (QED) is 0.408. The van der Waals surface area contributed by atoms with Crippen LogP contribution in [0.1, 0.15) is 29.5 Å². The Morgan fingerprint density at radius 1 is 1.06 bits per heavy atom. The highest BCUT2D eigenvalue weighted by molar-refractivity contribution is 5.75. The fourth-order valence-corrected chi connectivity index (χ4v) is 4.87. The molecule has 1 atom stereocenters. The number of nitrogens with zero attached hydrogens (tertiary/aromatic N) is 6. The molecule has 0 amide bonds. The van der Waals surface area contributed by atoms with Gasteiger partial charge in [0, 0.05) is 31.9 Å². The van der Waals surface area contributed by atoms with Gasteiger partial charge in [0.2, 0.25) is 5.95 Å². The molecule has 1 aliphatic heterocycles. The van der Waals surface area contributed by atoms with Crippen LogP contribution in [0.15, 0.2) is 58.1 Å². The van der Waals surface area contributed by atoms with Gasteiger partial charge in [-0.05, 0) is 36.1 Å². The van der Waals surface area contributed by atoms with Gasteiger partial charge in [0.05, 0.1) is 24.7 Å². The lowest BCUT2D eigenvalue weighted by molar-refractivity contribution is 0.495. The first kappa shape index (κ1) is 23.4. The van der Waals surface area contributed by atoms with Crippen LogP contribution in [0, 0.1) is 11.3 Å². The minimum Gasteiger partial charge on any atom is -0.398 e. The fraction of sp³-hybridized carbons (Fsp3) is 0.308. The van der Waals surface area contributed by atoms with Crippen molar-refractivity contribution < 1.29 is 0 Å². The number of hydrogen-bond donors (Lipinski definition) is 2. The van der Waals surface area contributed by atoms with Crippen LogP contribution in [-0.2, 0) is 20.1 Å². The number of anilines is 2. The van der Waals surface area contributed by atoms with Crippen molar-refractivity contribution in [2.75, 3.05) is 23.7 Å². The largest absolute Gasteiger partial charge is 0.398 e. The third kappa shape index (κ3) is 4.03. The molecule has 2 aromatic heterocycles. The first-order valence-electron chi connectivity index (χ1n) is 11.9. The number of nitrogen functional groups attached to an aromatic ring is 1. The molecule has 0 aliphatic carbocycles. The van der Waals surface area contributed by atoms with Gasteiger partial charge in [-0.15, -0.1) is 0 Å². The molecule has 0 saturated carbocycles. The summed E-state index contributed by atoms with van der Waals surface area (Å²) >= 11 is 0. The predicted molar refractivity (Wildman–Crippen MR) is 139 cm³/mol. The fourth-order valence-electron chi connectivity index (χ4n) is 4.87. The van der Waals surface area contributed by atoms with Gasteiger partial charge in [-0.3, -0.25) is 18.5 Å². The van der Waals surface area contributed by atoms with Crippen LogP contribution < -0.4 is 27.6 Å². The molecule has 10 nitrogen and oxygen atoms in total. The maximum absolute atomic E-state index is 13.9. The van der Waals surface area contributed by atoms with Gasteiger partial charge in [0.25, 0.3) is 5.56 Å². The number of fused-ring (bicyclic) bond motifs is 1. The lowest BCUT2D eigenvalue weighted by Crippen LogP contribution is -2.44. The van der Waals surface area contributed by atoms with Gasteiger partial charge in [-0.2, -0.15) is 10.2 Å². The molecule has 4 N–H and O–H groups in total. The minimum atomic E-state index is -0.494. The molecule has 1 unspecified atom stereocenters. The van der Waals surface area contributed by atoms with Crippen molar-refractivity contribution in [3.05, 3.63) is 86.1 Å².